The van der Waals surface area contributed by atoms with Gasteiger partial charge in [0.05, 0.1) is 0 Å². The molecule has 0 aliphatic heterocycles. The topological polar surface area (TPSA) is 0 Å². The molecule has 0 aliphatic rings. The van der Waals surface area contributed by atoms with Crippen LogP contribution in [0.1, 0.15) is 32.3 Å². The number of benzene rings is 1. The summed E-state index contributed by atoms with van der Waals surface area (Å²) < 4.78 is 25.6. The van der Waals surface area contributed by atoms with Crippen molar-refractivity contribution in [2.45, 2.75) is 38.5 Å². The van der Waals surface area contributed by atoms with Gasteiger partial charge in [0.2, 0.25) is 0 Å². The van der Waals surface area contributed by atoms with Crippen LogP contribution in [0.5, 0.6) is 0 Å². The van der Waals surface area contributed by atoms with Crippen molar-refractivity contribution in [3.63, 3.8) is 0 Å². The van der Waals surface area contributed by atoms with Gasteiger partial charge in [-0.05, 0) is 42.9 Å². The molecule has 1 aromatic carbocycles. The van der Waals surface area contributed by atoms with Gasteiger partial charge < -0.3 is 0 Å². The summed E-state index contributed by atoms with van der Waals surface area (Å²) in [6, 6.07) is 3.96. The van der Waals surface area contributed by atoms with Gasteiger partial charge in [-0.3, -0.25) is 0 Å². The zero-order valence-electron chi connectivity index (χ0n) is 9.64. The molecule has 0 spiro atoms. The smallest absolute Gasteiger partial charge is 0.159 e. The van der Waals surface area contributed by atoms with E-state index < -0.39 is 11.6 Å². The molecule has 1 rings (SSSR count). The first-order valence-electron chi connectivity index (χ1n) is 5.57. The Morgan fingerprint density at radius 2 is 1.81 bits per heavy atom. The van der Waals surface area contributed by atoms with Crippen molar-refractivity contribution in [1.82, 2.24) is 0 Å². The SMILES string of the molecule is CC(C)CCC(Cl)Cc1ccc(F)c(F)c1. The maximum Gasteiger partial charge on any atom is 0.159 e. The van der Waals surface area contributed by atoms with Crippen LogP contribution in [0.4, 0.5) is 8.78 Å². The predicted molar refractivity (Wildman–Crippen MR) is 63.8 cm³/mol. The minimum absolute atomic E-state index is 0.00717. The van der Waals surface area contributed by atoms with Crippen molar-refractivity contribution in [1.29, 1.82) is 0 Å². The second-order valence-electron chi connectivity index (χ2n) is 4.52. The van der Waals surface area contributed by atoms with E-state index in [1.807, 2.05) is 0 Å². The van der Waals surface area contributed by atoms with E-state index in [2.05, 4.69) is 13.8 Å². The predicted octanol–water partition coefficient (Wildman–Crippen LogP) is 4.55. The minimum atomic E-state index is -0.808. The Balaban J connectivity index is 2.49. The molecule has 0 aliphatic carbocycles. The normalized spacial score (nSPS) is 13.1. The number of hydrogen-bond donors (Lipinski definition) is 0. The fourth-order valence-electron chi connectivity index (χ4n) is 1.54. The minimum Gasteiger partial charge on any atom is -0.204 e. The van der Waals surface area contributed by atoms with E-state index in [4.69, 9.17) is 11.6 Å². The largest absolute Gasteiger partial charge is 0.204 e. The summed E-state index contributed by atoms with van der Waals surface area (Å²) in [4.78, 5) is 0. The molecular weight excluding hydrogens is 230 g/mol. The molecule has 0 heterocycles. The van der Waals surface area contributed by atoms with Gasteiger partial charge in [0.1, 0.15) is 0 Å². The summed E-state index contributed by atoms with van der Waals surface area (Å²) in [6.45, 7) is 4.28. The third-order valence-corrected chi connectivity index (χ3v) is 2.87. The van der Waals surface area contributed by atoms with Crippen LogP contribution in [0.3, 0.4) is 0 Å². The van der Waals surface area contributed by atoms with Crippen molar-refractivity contribution in [3.05, 3.63) is 35.4 Å². The number of rotatable bonds is 5. The summed E-state index contributed by atoms with van der Waals surface area (Å²) in [5.74, 6) is -0.992. The zero-order valence-corrected chi connectivity index (χ0v) is 10.4. The molecule has 1 aromatic rings. The highest BCUT2D eigenvalue weighted by atomic mass is 35.5. The molecule has 0 saturated heterocycles. The van der Waals surface area contributed by atoms with Crippen molar-refractivity contribution in [2.24, 2.45) is 5.92 Å². The quantitative estimate of drug-likeness (QED) is 0.669. The summed E-state index contributed by atoms with van der Waals surface area (Å²) in [5.41, 5.74) is 0.752. The van der Waals surface area contributed by atoms with Gasteiger partial charge >= 0.3 is 0 Å². The van der Waals surface area contributed by atoms with Crippen molar-refractivity contribution in [2.75, 3.05) is 0 Å². The lowest BCUT2D eigenvalue weighted by Gasteiger charge is -2.11. The molecular formula is C13H17ClF2. The average Bonchev–Trinajstić information content (AvgIpc) is 2.21. The van der Waals surface area contributed by atoms with E-state index in [9.17, 15) is 8.78 Å². The van der Waals surface area contributed by atoms with E-state index in [0.717, 1.165) is 24.5 Å². The van der Waals surface area contributed by atoms with Crippen LogP contribution in [0.25, 0.3) is 0 Å². The van der Waals surface area contributed by atoms with Crippen LogP contribution >= 0.6 is 11.6 Å². The summed E-state index contributed by atoms with van der Waals surface area (Å²) in [6.07, 6.45) is 2.54. The Morgan fingerprint density at radius 1 is 1.12 bits per heavy atom. The second kappa shape index (κ2) is 6.19. The van der Waals surface area contributed by atoms with Gasteiger partial charge in [-0.25, -0.2) is 8.78 Å². The van der Waals surface area contributed by atoms with Gasteiger partial charge in [-0.2, -0.15) is 0 Å². The first kappa shape index (κ1) is 13.4. The molecule has 0 amide bonds. The van der Waals surface area contributed by atoms with Crippen molar-refractivity contribution >= 4 is 11.6 Å². The van der Waals surface area contributed by atoms with Gasteiger partial charge in [-0.15, -0.1) is 11.6 Å². The van der Waals surface area contributed by atoms with E-state index in [0.29, 0.717) is 12.3 Å². The summed E-state index contributed by atoms with van der Waals surface area (Å²) >= 11 is 6.14. The molecule has 0 radical (unpaired) electrons. The average molecular weight is 247 g/mol. The first-order chi connectivity index (χ1) is 7.49. The third-order valence-electron chi connectivity index (χ3n) is 2.50. The molecule has 0 nitrogen and oxygen atoms in total. The molecule has 0 N–H and O–H groups in total. The van der Waals surface area contributed by atoms with E-state index >= 15 is 0 Å². The standard InChI is InChI=1S/C13H17ClF2/c1-9(2)3-5-11(14)7-10-4-6-12(15)13(16)8-10/h4,6,8-9,11H,3,5,7H2,1-2H3. The Bertz CT molecular complexity index is 337. The van der Waals surface area contributed by atoms with Crippen LogP contribution in [-0.2, 0) is 6.42 Å². The highest BCUT2D eigenvalue weighted by molar-refractivity contribution is 6.20. The molecule has 16 heavy (non-hydrogen) atoms. The summed E-state index contributed by atoms with van der Waals surface area (Å²) in [5, 5.41) is -0.00717. The number of alkyl halides is 1. The molecule has 1 unspecified atom stereocenters. The molecule has 0 saturated carbocycles. The van der Waals surface area contributed by atoms with E-state index in [-0.39, 0.29) is 5.38 Å². The zero-order chi connectivity index (χ0) is 12.1. The monoisotopic (exact) mass is 246 g/mol. The summed E-state index contributed by atoms with van der Waals surface area (Å²) in [7, 11) is 0. The maximum absolute atomic E-state index is 12.9. The lowest BCUT2D eigenvalue weighted by molar-refractivity contribution is 0.505. The Hall–Kier alpha value is -0.630. The van der Waals surface area contributed by atoms with Crippen LogP contribution in [0, 0.1) is 17.6 Å². The number of halogens is 3. The highest BCUT2D eigenvalue weighted by Crippen LogP contribution is 2.17. The first-order valence-corrected chi connectivity index (χ1v) is 6.00. The van der Waals surface area contributed by atoms with Crippen molar-refractivity contribution < 1.29 is 8.78 Å². The molecule has 0 aromatic heterocycles. The van der Waals surface area contributed by atoms with Gasteiger partial charge in [0, 0.05) is 5.38 Å². The second-order valence-corrected chi connectivity index (χ2v) is 5.14. The third kappa shape index (κ3) is 4.48. The van der Waals surface area contributed by atoms with Crippen LogP contribution in [-0.4, -0.2) is 5.38 Å². The Kier molecular flexibility index (Phi) is 5.20. The molecule has 3 heteroatoms. The highest BCUT2D eigenvalue weighted by Gasteiger charge is 2.09. The molecule has 0 fully saturated rings. The van der Waals surface area contributed by atoms with Gasteiger partial charge in [-0.1, -0.05) is 19.9 Å². The van der Waals surface area contributed by atoms with E-state index in [1.165, 1.54) is 6.07 Å². The van der Waals surface area contributed by atoms with Gasteiger partial charge in [0.15, 0.2) is 11.6 Å². The molecule has 0 bridgehead atoms. The van der Waals surface area contributed by atoms with Gasteiger partial charge in [0.25, 0.3) is 0 Å². The molecule has 90 valence electrons. The lowest BCUT2D eigenvalue weighted by atomic mass is 10.0. The molecule has 1 atom stereocenters. The number of hydrogen-bond acceptors (Lipinski definition) is 0. The van der Waals surface area contributed by atoms with Crippen LogP contribution in [0.15, 0.2) is 18.2 Å². The fraction of sp³-hybridized carbons (Fsp3) is 0.538. The fourth-order valence-corrected chi connectivity index (χ4v) is 1.84. The van der Waals surface area contributed by atoms with Crippen LogP contribution < -0.4 is 0 Å². The maximum atomic E-state index is 12.9. The van der Waals surface area contributed by atoms with Crippen LogP contribution in [0.2, 0.25) is 0 Å². The van der Waals surface area contributed by atoms with Crippen molar-refractivity contribution in [3.8, 4) is 0 Å². The Morgan fingerprint density at radius 3 is 2.38 bits per heavy atom. The lowest BCUT2D eigenvalue weighted by Crippen LogP contribution is -2.05. The Labute approximate surface area is 101 Å². The van der Waals surface area contributed by atoms with E-state index in [1.54, 1.807) is 6.07 Å².